The molecule has 2 aliphatic heterocycles. The molecule has 2 aliphatic rings. The van der Waals surface area contributed by atoms with Crippen LogP contribution in [0.1, 0.15) is 35.4 Å². The average molecular weight is 451 g/mol. The second-order valence-corrected chi connectivity index (χ2v) is 8.08. The Balaban J connectivity index is 1.60. The maximum absolute atomic E-state index is 6.43. The quantitative estimate of drug-likeness (QED) is 0.505. The first-order chi connectivity index (χ1) is 15.6. The van der Waals surface area contributed by atoms with E-state index in [0.717, 1.165) is 40.3 Å². The van der Waals surface area contributed by atoms with Crippen LogP contribution in [0.5, 0.6) is 23.0 Å². The van der Waals surface area contributed by atoms with E-state index in [1.54, 1.807) is 21.3 Å². The summed E-state index contributed by atoms with van der Waals surface area (Å²) < 4.78 is 22.7. The van der Waals surface area contributed by atoms with Gasteiger partial charge in [-0.1, -0.05) is 23.7 Å². The zero-order valence-electron chi connectivity index (χ0n) is 18.0. The van der Waals surface area contributed by atoms with Gasteiger partial charge in [0.1, 0.15) is 11.5 Å². The molecule has 0 radical (unpaired) electrons. The Hall–Kier alpha value is -3.38. The molecule has 0 saturated carbocycles. The van der Waals surface area contributed by atoms with Crippen molar-refractivity contribution in [3.63, 3.8) is 0 Å². The van der Waals surface area contributed by atoms with Crippen LogP contribution in [-0.4, -0.2) is 32.0 Å². The summed E-state index contributed by atoms with van der Waals surface area (Å²) in [4.78, 5) is 0. The van der Waals surface area contributed by atoms with E-state index in [1.807, 2.05) is 65.7 Å². The molecular formula is C25H23ClN2O4. The van der Waals surface area contributed by atoms with Crippen molar-refractivity contribution < 1.29 is 18.9 Å². The first-order valence-electron chi connectivity index (χ1n) is 10.3. The lowest BCUT2D eigenvalue weighted by Crippen LogP contribution is -2.33. The Morgan fingerprint density at radius 3 is 2.56 bits per heavy atom. The first kappa shape index (κ1) is 20.5. The molecule has 0 N–H and O–H groups in total. The minimum Gasteiger partial charge on any atom is -0.497 e. The lowest BCUT2D eigenvalue weighted by Gasteiger charge is -2.38. The van der Waals surface area contributed by atoms with Crippen molar-refractivity contribution in [3.8, 4) is 23.0 Å². The predicted octanol–water partition coefficient (Wildman–Crippen LogP) is 5.61. The lowest BCUT2D eigenvalue weighted by atomic mass is 9.95. The fraction of sp³-hybridized carbons (Fsp3) is 0.240. The van der Waals surface area contributed by atoms with Crippen LogP contribution in [0.15, 0.2) is 65.8 Å². The molecule has 32 heavy (non-hydrogen) atoms. The van der Waals surface area contributed by atoms with E-state index in [1.165, 1.54) is 0 Å². The molecule has 164 valence electrons. The van der Waals surface area contributed by atoms with Gasteiger partial charge in [-0.15, -0.1) is 0 Å². The number of hydrazone groups is 1. The number of methoxy groups -OCH3 is 3. The molecular weight excluding hydrogens is 428 g/mol. The highest BCUT2D eigenvalue weighted by atomic mass is 35.5. The van der Waals surface area contributed by atoms with Crippen LogP contribution in [0.3, 0.4) is 0 Å². The summed E-state index contributed by atoms with van der Waals surface area (Å²) in [6.07, 6.45) is 0.310. The molecule has 7 heteroatoms. The summed E-state index contributed by atoms with van der Waals surface area (Å²) in [5, 5.41) is 7.68. The molecule has 0 spiro atoms. The third-order valence-corrected chi connectivity index (χ3v) is 6.08. The van der Waals surface area contributed by atoms with Gasteiger partial charge in [0, 0.05) is 28.1 Å². The van der Waals surface area contributed by atoms with E-state index in [4.69, 9.17) is 35.6 Å². The van der Waals surface area contributed by atoms with E-state index in [2.05, 4.69) is 0 Å². The van der Waals surface area contributed by atoms with E-state index < -0.39 is 6.23 Å². The number of hydrogen-bond donors (Lipinski definition) is 0. The maximum Gasteiger partial charge on any atom is 0.214 e. The minimum absolute atomic E-state index is 0.00301. The van der Waals surface area contributed by atoms with Crippen LogP contribution < -0.4 is 18.9 Å². The third-order valence-electron chi connectivity index (χ3n) is 5.85. The Morgan fingerprint density at radius 2 is 1.78 bits per heavy atom. The number of fused-ring (bicyclic) bond motifs is 3. The highest BCUT2D eigenvalue weighted by Gasteiger charge is 2.41. The summed E-state index contributed by atoms with van der Waals surface area (Å²) in [7, 11) is 4.91. The molecule has 0 unspecified atom stereocenters. The molecule has 0 bridgehead atoms. The second kappa shape index (κ2) is 8.28. The third kappa shape index (κ3) is 3.50. The van der Waals surface area contributed by atoms with Gasteiger partial charge < -0.3 is 18.9 Å². The van der Waals surface area contributed by atoms with Gasteiger partial charge in [0.25, 0.3) is 0 Å². The van der Waals surface area contributed by atoms with Crippen LogP contribution in [0.25, 0.3) is 0 Å². The van der Waals surface area contributed by atoms with Gasteiger partial charge in [0.15, 0.2) is 11.5 Å². The average Bonchev–Trinajstić information content (AvgIpc) is 3.29. The highest BCUT2D eigenvalue weighted by molar-refractivity contribution is 6.30. The highest BCUT2D eigenvalue weighted by Crippen LogP contribution is 2.49. The fourth-order valence-electron chi connectivity index (χ4n) is 4.26. The number of hydrogen-bond acceptors (Lipinski definition) is 6. The van der Waals surface area contributed by atoms with Crippen LogP contribution >= 0.6 is 11.6 Å². The van der Waals surface area contributed by atoms with Gasteiger partial charge in [-0.25, -0.2) is 5.01 Å². The monoisotopic (exact) mass is 450 g/mol. The molecule has 5 rings (SSSR count). The van der Waals surface area contributed by atoms with Gasteiger partial charge in [-0.3, -0.25) is 0 Å². The van der Waals surface area contributed by atoms with E-state index >= 15 is 0 Å². The van der Waals surface area contributed by atoms with Gasteiger partial charge in [0.2, 0.25) is 6.23 Å². The zero-order chi connectivity index (χ0) is 22.2. The predicted molar refractivity (Wildman–Crippen MR) is 123 cm³/mol. The Kier molecular flexibility index (Phi) is 5.31. The van der Waals surface area contributed by atoms with Crippen molar-refractivity contribution in [1.82, 2.24) is 5.01 Å². The van der Waals surface area contributed by atoms with Crippen molar-refractivity contribution in [2.45, 2.75) is 18.7 Å². The van der Waals surface area contributed by atoms with Gasteiger partial charge in [0.05, 0.1) is 33.1 Å². The normalized spacial score (nSPS) is 18.9. The SMILES string of the molecule is COc1cccc(C2=NN3[C@H](C2)c2cc(Cl)ccc2O[C@@H]3c2ccc(OC)c(OC)c2)c1. The number of rotatable bonds is 5. The summed E-state index contributed by atoms with van der Waals surface area (Å²) in [6, 6.07) is 19.5. The van der Waals surface area contributed by atoms with Crippen LogP contribution in [0.2, 0.25) is 5.02 Å². The Morgan fingerprint density at radius 1 is 0.938 bits per heavy atom. The Labute approximate surface area is 191 Å². The minimum atomic E-state index is -0.420. The molecule has 0 fully saturated rings. The van der Waals surface area contributed by atoms with Crippen molar-refractivity contribution in [2.24, 2.45) is 5.10 Å². The molecule has 0 aliphatic carbocycles. The summed E-state index contributed by atoms with van der Waals surface area (Å²) >= 11 is 6.33. The van der Waals surface area contributed by atoms with Gasteiger partial charge >= 0.3 is 0 Å². The molecule has 0 amide bonds. The molecule has 0 aromatic heterocycles. The topological polar surface area (TPSA) is 52.5 Å². The number of nitrogens with zero attached hydrogens (tertiary/aromatic N) is 2. The van der Waals surface area contributed by atoms with Crippen LogP contribution in [-0.2, 0) is 0 Å². The molecule has 2 atom stereocenters. The number of halogens is 1. The van der Waals surface area contributed by atoms with Crippen molar-refractivity contribution >= 4 is 17.3 Å². The molecule has 0 saturated heterocycles. The van der Waals surface area contributed by atoms with Crippen molar-refractivity contribution in [2.75, 3.05) is 21.3 Å². The fourth-order valence-corrected chi connectivity index (χ4v) is 4.44. The van der Waals surface area contributed by atoms with Crippen molar-refractivity contribution in [3.05, 3.63) is 82.4 Å². The van der Waals surface area contributed by atoms with Crippen molar-refractivity contribution in [1.29, 1.82) is 0 Å². The number of ether oxygens (including phenoxy) is 4. The van der Waals surface area contributed by atoms with Gasteiger partial charge in [-0.05, 0) is 48.5 Å². The Bertz CT molecular complexity index is 1200. The lowest BCUT2D eigenvalue weighted by molar-refractivity contribution is -0.0191. The summed E-state index contributed by atoms with van der Waals surface area (Å²) in [6.45, 7) is 0. The first-order valence-corrected chi connectivity index (χ1v) is 10.7. The smallest absolute Gasteiger partial charge is 0.214 e. The maximum atomic E-state index is 6.43. The van der Waals surface area contributed by atoms with E-state index in [9.17, 15) is 0 Å². The van der Waals surface area contributed by atoms with Crippen LogP contribution in [0, 0.1) is 0 Å². The molecule has 3 aromatic rings. The summed E-state index contributed by atoms with van der Waals surface area (Å²) in [5.41, 5.74) is 3.93. The van der Waals surface area contributed by atoms with E-state index in [0.29, 0.717) is 16.5 Å². The zero-order valence-corrected chi connectivity index (χ0v) is 18.8. The molecule has 6 nitrogen and oxygen atoms in total. The second-order valence-electron chi connectivity index (χ2n) is 7.65. The van der Waals surface area contributed by atoms with E-state index in [-0.39, 0.29) is 6.04 Å². The summed E-state index contributed by atoms with van der Waals surface area (Å²) in [5.74, 6) is 2.91. The number of benzene rings is 3. The molecule has 3 aromatic carbocycles. The largest absolute Gasteiger partial charge is 0.497 e. The van der Waals surface area contributed by atoms with Crippen LogP contribution in [0.4, 0.5) is 0 Å². The van der Waals surface area contributed by atoms with Gasteiger partial charge in [-0.2, -0.15) is 5.10 Å². The standard InChI is InChI=1S/C25H23ClN2O4/c1-29-18-6-4-5-15(11-18)20-14-21-19-13-17(26)8-10-22(19)32-25(28(21)27-20)16-7-9-23(30-2)24(12-16)31-3/h4-13,21,25H,14H2,1-3H3/t21-,25-/m1/s1. The molecule has 2 heterocycles.